The smallest absolute Gasteiger partial charge is 0.264 e. The van der Waals surface area contributed by atoms with Crippen LogP contribution in [0.2, 0.25) is 0 Å². The summed E-state index contributed by atoms with van der Waals surface area (Å²) in [6.45, 7) is 8.65. The average molecular weight is 350 g/mol. The van der Waals surface area contributed by atoms with Gasteiger partial charge in [-0.25, -0.2) is 4.98 Å². The summed E-state index contributed by atoms with van der Waals surface area (Å²) >= 11 is 2.05. The van der Waals surface area contributed by atoms with Gasteiger partial charge in [0.15, 0.2) is 0 Å². The van der Waals surface area contributed by atoms with Crippen molar-refractivity contribution in [1.82, 2.24) is 9.97 Å². The molecule has 0 aliphatic rings. The molecule has 0 amide bonds. The minimum Gasteiger partial charge on any atom is -0.371 e. The Bertz CT molecular complexity index is 429. The van der Waals surface area contributed by atoms with Crippen LogP contribution in [0.5, 0.6) is 0 Å². The van der Waals surface area contributed by atoms with Gasteiger partial charge in [-0.1, -0.05) is 20.8 Å². The highest BCUT2D eigenvalue weighted by molar-refractivity contribution is 14.1. The molecule has 1 aromatic rings. The summed E-state index contributed by atoms with van der Waals surface area (Å²) < 4.78 is 6.25. The molecule has 0 aromatic carbocycles. The van der Waals surface area contributed by atoms with E-state index in [0.717, 1.165) is 12.1 Å². The minimum atomic E-state index is -0.123. The zero-order chi connectivity index (χ0) is 13.0. The van der Waals surface area contributed by atoms with Gasteiger partial charge in [0.25, 0.3) is 5.56 Å². The Labute approximate surface area is 115 Å². The first kappa shape index (κ1) is 14.6. The van der Waals surface area contributed by atoms with Gasteiger partial charge in [0.2, 0.25) is 0 Å². The number of nitrogens with zero attached hydrogens (tertiary/aromatic N) is 1. The number of ether oxygens (including phenoxy) is 1. The lowest BCUT2D eigenvalue weighted by Crippen LogP contribution is -2.21. The highest BCUT2D eigenvalue weighted by Crippen LogP contribution is 2.21. The third-order valence-corrected chi connectivity index (χ3v) is 3.54. The fourth-order valence-corrected chi connectivity index (χ4v) is 2.50. The molecule has 1 unspecified atom stereocenters. The maximum Gasteiger partial charge on any atom is 0.264 e. The molecule has 0 spiro atoms. The Kier molecular flexibility index (Phi) is 5.58. The van der Waals surface area contributed by atoms with Crippen LogP contribution in [0.15, 0.2) is 4.79 Å². The first-order chi connectivity index (χ1) is 8.01. The molecule has 1 atom stereocenters. The summed E-state index contributed by atoms with van der Waals surface area (Å²) in [5, 5.41) is 0. The van der Waals surface area contributed by atoms with E-state index in [2.05, 4.69) is 9.97 Å². The molecule has 0 fully saturated rings. The first-order valence-corrected chi connectivity index (χ1v) is 7.00. The van der Waals surface area contributed by atoms with Crippen LogP contribution in [-0.4, -0.2) is 16.6 Å². The number of H-pyrrole nitrogens is 1. The molecule has 0 saturated heterocycles. The predicted octanol–water partition coefficient (Wildman–Crippen LogP) is 2.99. The van der Waals surface area contributed by atoms with E-state index in [1.54, 1.807) is 0 Å². The Hall–Kier alpha value is -0.430. The van der Waals surface area contributed by atoms with E-state index in [9.17, 15) is 4.79 Å². The number of nitrogens with one attached hydrogen (secondary N) is 1. The van der Waals surface area contributed by atoms with Gasteiger partial charge in [-0.05, 0) is 41.9 Å². The zero-order valence-corrected chi connectivity index (χ0v) is 12.9. The number of rotatable bonds is 5. The minimum absolute atomic E-state index is 0.0718. The van der Waals surface area contributed by atoms with Gasteiger partial charge in [0, 0.05) is 6.61 Å². The van der Waals surface area contributed by atoms with Gasteiger partial charge in [-0.15, -0.1) is 0 Å². The predicted molar refractivity (Wildman–Crippen MR) is 76.3 cm³/mol. The van der Waals surface area contributed by atoms with Gasteiger partial charge in [-0.3, -0.25) is 4.79 Å². The lowest BCUT2D eigenvalue weighted by atomic mass is 10.1. The van der Waals surface area contributed by atoms with Crippen molar-refractivity contribution < 1.29 is 4.74 Å². The number of halogens is 1. The van der Waals surface area contributed by atoms with E-state index in [0.29, 0.717) is 16.0 Å². The van der Waals surface area contributed by atoms with E-state index in [4.69, 9.17) is 4.74 Å². The number of hydrogen-bond donors (Lipinski definition) is 1. The second kappa shape index (κ2) is 6.49. The van der Waals surface area contributed by atoms with Crippen LogP contribution in [0.4, 0.5) is 0 Å². The molecule has 0 bridgehead atoms. The van der Waals surface area contributed by atoms with Crippen molar-refractivity contribution in [3.8, 4) is 0 Å². The molecule has 17 heavy (non-hydrogen) atoms. The Morgan fingerprint density at radius 2 is 2.06 bits per heavy atom. The fourth-order valence-electron chi connectivity index (χ4n) is 1.62. The third kappa shape index (κ3) is 3.51. The summed E-state index contributed by atoms with van der Waals surface area (Å²) in [7, 11) is 0. The summed E-state index contributed by atoms with van der Waals surface area (Å²) in [5.41, 5.74) is 0.778. The summed E-state index contributed by atoms with van der Waals surface area (Å²) in [4.78, 5) is 19.2. The fraction of sp³-hybridized carbons (Fsp3) is 0.667. The van der Waals surface area contributed by atoms with E-state index in [-0.39, 0.29) is 17.6 Å². The molecule has 4 nitrogen and oxygen atoms in total. The second-order valence-electron chi connectivity index (χ2n) is 4.16. The normalized spacial score (nSPS) is 13.1. The highest BCUT2D eigenvalue weighted by Gasteiger charge is 2.17. The molecule has 0 aliphatic carbocycles. The van der Waals surface area contributed by atoms with Crippen LogP contribution in [0.1, 0.15) is 57.7 Å². The zero-order valence-electron chi connectivity index (χ0n) is 10.7. The van der Waals surface area contributed by atoms with Crippen molar-refractivity contribution in [2.24, 2.45) is 0 Å². The lowest BCUT2D eigenvalue weighted by Gasteiger charge is -2.16. The monoisotopic (exact) mass is 350 g/mol. The molecular formula is C12H19IN2O2. The number of hydrogen-bond acceptors (Lipinski definition) is 3. The van der Waals surface area contributed by atoms with Crippen LogP contribution in [0.25, 0.3) is 0 Å². The van der Waals surface area contributed by atoms with Crippen molar-refractivity contribution in [1.29, 1.82) is 0 Å². The summed E-state index contributed by atoms with van der Waals surface area (Å²) in [5.74, 6) is 0.880. The topological polar surface area (TPSA) is 55.0 Å². The van der Waals surface area contributed by atoms with Crippen molar-refractivity contribution in [3.63, 3.8) is 0 Å². The van der Waals surface area contributed by atoms with Gasteiger partial charge in [0.05, 0.1) is 9.26 Å². The first-order valence-electron chi connectivity index (χ1n) is 5.92. The maximum absolute atomic E-state index is 11.8. The van der Waals surface area contributed by atoms with Crippen molar-refractivity contribution in [2.45, 2.75) is 46.1 Å². The molecule has 1 aromatic heterocycles. The molecule has 5 heteroatoms. The van der Waals surface area contributed by atoms with Crippen LogP contribution in [0, 0.1) is 3.57 Å². The molecule has 1 N–H and O–H groups in total. The van der Waals surface area contributed by atoms with Crippen LogP contribution in [0.3, 0.4) is 0 Å². The second-order valence-corrected chi connectivity index (χ2v) is 5.24. The van der Waals surface area contributed by atoms with E-state index in [1.807, 2.05) is 50.3 Å². The molecular weight excluding hydrogens is 331 g/mol. The van der Waals surface area contributed by atoms with E-state index >= 15 is 0 Å². The molecule has 0 saturated carbocycles. The summed E-state index contributed by atoms with van der Waals surface area (Å²) in [6.07, 6.45) is 0.678. The molecule has 0 aliphatic heterocycles. The number of aromatic amines is 1. The van der Waals surface area contributed by atoms with Gasteiger partial charge in [-0.2, -0.15) is 0 Å². The SMILES string of the molecule is CCOC(CC)c1nc(C(C)C)c(I)c(=O)[nH]1. The van der Waals surface area contributed by atoms with Crippen LogP contribution >= 0.6 is 22.6 Å². The molecule has 1 heterocycles. The van der Waals surface area contributed by atoms with Crippen molar-refractivity contribution in [3.05, 3.63) is 25.4 Å². The largest absolute Gasteiger partial charge is 0.371 e. The van der Waals surface area contributed by atoms with Crippen LogP contribution < -0.4 is 5.56 Å². The Morgan fingerprint density at radius 3 is 2.53 bits per heavy atom. The average Bonchev–Trinajstić information content (AvgIpc) is 2.29. The lowest BCUT2D eigenvalue weighted by molar-refractivity contribution is 0.0530. The molecule has 96 valence electrons. The maximum atomic E-state index is 11.8. The van der Waals surface area contributed by atoms with Crippen LogP contribution in [-0.2, 0) is 4.74 Å². The van der Waals surface area contributed by atoms with Gasteiger partial charge >= 0.3 is 0 Å². The van der Waals surface area contributed by atoms with E-state index in [1.165, 1.54) is 0 Å². The van der Waals surface area contributed by atoms with Crippen molar-refractivity contribution >= 4 is 22.6 Å². The Balaban J connectivity index is 3.22. The standard InChI is InChI=1S/C12H19IN2O2/c1-5-8(17-6-2)11-14-10(7(3)4)9(13)12(16)15-11/h7-8H,5-6H2,1-4H3,(H,14,15,16). The van der Waals surface area contributed by atoms with E-state index < -0.39 is 0 Å². The van der Waals surface area contributed by atoms with Crippen molar-refractivity contribution in [2.75, 3.05) is 6.61 Å². The Morgan fingerprint density at radius 1 is 1.41 bits per heavy atom. The quantitative estimate of drug-likeness (QED) is 0.831. The molecule has 1 rings (SSSR count). The third-order valence-electron chi connectivity index (χ3n) is 2.50. The highest BCUT2D eigenvalue weighted by atomic mass is 127. The molecule has 0 radical (unpaired) electrons. The number of aromatic nitrogens is 2. The van der Waals surface area contributed by atoms with Gasteiger partial charge < -0.3 is 9.72 Å². The summed E-state index contributed by atoms with van der Waals surface area (Å²) in [6, 6.07) is 0. The van der Waals surface area contributed by atoms with Gasteiger partial charge in [0.1, 0.15) is 11.9 Å².